The summed E-state index contributed by atoms with van der Waals surface area (Å²) in [6.45, 7) is 10.4. The van der Waals surface area contributed by atoms with E-state index in [4.69, 9.17) is 18.9 Å². The average Bonchev–Trinajstić information content (AvgIpc) is 3.94. The molecule has 1 amide bonds. The van der Waals surface area contributed by atoms with Gasteiger partial charge in [0, 0.05) is 103 Å². The number of benzene rings is 2. The molecule has 2 fully saturated rings. The third-order valence-electron chi connectivity index (χ3n) is 15.8. The van der Waals surface area contributed by atoms with E-state index in [1.54, 1.807) is 13.2 Å². The Bertz CT molecular complexity index is 2470. The van der Waals surface area contributed by atoms with Crippen LogP contribution in [0.5, 0.6) is 5.75 Å². The molecule has 15 heteroatoms. The van der Waals surface area contributed by atoms with E-state index in [1.807, 2.05) is 63.1 Å². The second kappa shape index (κ2) is 16.1. The number of rotatable bonds is 10. The SMILES string of the molecule is CC[C@]12C=CCN3CC[C@@]4(c5cc([C@@]6(C(=O)OC)C[C@@H]7C=C(C(C)(F)F)CN(CCc8c6[nH]c6ccccc86)C7)c(OC)cc5N(C)[C@H]4C(O)(CNC(=O)OCC(C)C)[C@@H]1OC(C)=O)[C@@H]32. The number of hydrogen-bond acceptors (Lipinski definition) is 11. The molecule has 13 nitrogen and oxygen atoms in total. The van der Waals surface area contributed by atoms with E-state index in [0.717, 1.165) is 34.6 Å². The number of esters is 2. The molecule has 9 rings (SSSR count). The molecule has 2 bridgehead atoms. The molecule has 6 heterocycles. The Hall–Kier alpha value is -4.99. The van der Waals surface area contributed by atoms with Gasteiger partial charge in [0.2, 0.25) is 0 Å². The lowest BCUT2D eigenvalue weighted by Crippen LogP contribution is -2.81. The van der Waals surface area contributed by atoms with Gasteiger partial charge in [0.25, 0.3) is 5.92 Å². The first-order chi connectivity index (χ1) is 30.9. The fraction of sp³-hybridized carbons (Fsp3) is 0.580. The van der Waals surface area contributed by atoms with Crippen LogP contribution in [0, 0.1) is 17.3 Å². The number of anilines is 1. The monoisotopic (exact) mass is 899 g/mol. The van der Waals surface area contributed by atoms with Crippen molar-refractivity contribution in [3.63, 3.8) is 0 Å². The predicted octanol–water partition coefficient (Wildman–Crippen LogP) is 6.25. The van der Waals surface area contributed by atoms with Gasteiger partial charge in [-0.15, -0.1) is 0 Å². The van der Waals surface area contributed by atoms with Crippen LogP contribution in [0.4, 0.5) is 19.3 Å². The number of methoxy groups -OCH3 is 2. The van der Waals surface area contributed by atoms with Gasteiger partial charge in [-0.05, 0) is 67.3 Å². The molecule has 9 atom stereocenters. The number of nitrogens with one attached hydrogen (secondary N) is 2. The first-order valence-electron chi connectivity index (χ1n) is 23.1. The van der Waals surface area contributed by atoms with E-state index < -0.39 is 63.9 Å². The summed E-state index contributed by atoms with van der Waals surface area (Å²) in [7, 11) is 4.83. The zero-order valence-electron chi connectivity index (χ0n) is 38.8. The van der Waals surface area contributed by atoms with Crippen molar-refractivity contribution in [2.45, 2.75) is 101 Å². The number of aliphatic hydroxyl groups is 1. The van der Waals surface area contributed by atoms with Gasteiger partial charge >= 0.3 is 18.0 Å². The van der Waals surface area contributed by atoms with E-state index in [9.17, 15) is 14.7 Å². The summed E-state index contributed by atoms with van der Waals surface area (Å²) in [4.78, 5) is 52.2. The number of halogens is 2. The standard InChI is InChI=1S/C50H63F2N5O8/c1-9-47-16-12-18-57-20-17-48(41(47)57)35-22-36(39(62-7)23-38(35)55(6)42(48)50(61,43(47)65-30(4)58)28-53-45(60)64-27-29(2)3)49(44(59)63-8)24-31-21-32(46(5,51)52)26-56(25-31)19-15-34-33-13-10-11-14-37(33)54-40(34)49/h10-14,16,21-23,29,31,41-43,54,61H,9,15,17-20,24-28H2,1-8H3,(H,53,60)/t31-,41-,42+,43+,47+,48+,49-,50?/m0/s1. The Morgan fingerprint density at radius 2 is 1.86 bits per heavy atom. The van der Waals surface area contributed by atoms with Crippen molar-refractivity contribution in [2.75, 3.05) is 72.0 Å². The molecule has 350 valence electrons. The Balaban J connectivity index is 1.32. The molecular weight excluding hydrogens is 837 g/mol. The third kappa shape index (κ3) is 6.71. The van der Waals surface area contributed by atoms with Crippen molar-refractivity contribution >= 4 is 34.6 Å². The van der Waals surface area contributed by atoms with Gasteiger partial charge < -0.3 is 39.3 Å². The molecule has 3 N–H and O–H groups in total. The first kappa shape index (κ1) is 45.2. The number of hydrogen-bond donors (Lipinski definition) is 3. The highest BCUT2D eigenvalue weighted by Gasteiger charge is 2.78. The maximum Gasteiger partial charge on any atom is 0.407 e. The van der Waals surface area contributed by atoms with E-state index in [0.29, 0.717) is 62.4 Å². The van der Waals surface area contributed by atoms with Crippen LogP contribution >= 0.6 is 0 Å². The van der Waals surface area contributed by atoms with E-state index in [2.05, 4.69) is 38.3 Å². The van der Waals surface area contributed by atoms with Gasteiger partial charge in [-0.3, -0.25) is 19.4 Å². The van der Waals surface area contributed by atoms with E-state index >= 15 is 13.6 Å². The highest BCUT2D eigenvalue weighted by molar-refractivity contribution is 5.94. The number of fused-ring (bicyclic) bond motifs is 6. The molecule has 1 aliphatic carbocycles. The lowest BCUT2D eigenvalue weighted by molar-refractivity contribution is -0.217. The summed E-state index contributed by atoms with van der Waals surface area (Å²) < 4.78 is 54.9. The normalized spacial score (nSPS) is 32.6. The summed E-state index contributed by atoms with van der Waals surface area (Å²) in [5, 5.41) is 17.6. The van der Waals surface area contributed by atoms with Gasteiger partial charge in [0.05, 0.1) is 33.4 Å². The average molecular weight is 900 g/mol. The molecule has 2 unspecified atom stereocenters. The number of aromatic nitrogens is 1. The summed E-state index contributed by atoms with van der Waals surface area (Å²) in [5.41, 5.74) is -0.777. The summed E-state index contributed by atoms with van der Waals surface area (Å²) in [6.07, 6.45) is 5.69. The number of likely N-dealkylation sites (N-methyl/N-ethyl adjacent to an activating group) is 1. The Labute approximate surface area is 379 Å². The molecule has 1 aromatic heterocycles. The van der Waals surface area contributed by atoms with Crippen molar-refractivity contribution in [1.82, 2.24) is 20.1 Å². The van der Waals surface area contributed by atoms with E-state index in [-0.39, 0.29) is 43.7 Å². The molecule has 65 heavy (non-hydrogen) atoms. The van der Waals surface area contributed by atoms with Crippen molar-refractivity contribution in [3.05, 3.63) is 82.6 Å². The molecular formula is C50H63F2N5O8. The Morgan fingerprint density at radius 3 is 2.55 bits per heavy atom. The number of carbonyl (C=O) groups is 3. The fourth-order valence-electron chi connectivity index (χ4n) is 13.5. The molecule has 5 aliphatic heterocycles. The van der Waals surface area contributed by atoms with Gasteiger partial charge in [0.1, 0.15) is 22.9 Å². The minimum Gasteiger partial charge on any atom is -0.496 e. The number of carbonyl (C=O) groups excluding carboxylic acids is 3. The third-order valence-corrected chi connectivity index (χ3v) is 15.8. The highest BCUT2D eigenvalue weighted by Crippen LogP contribution is 2.68. The van der Waals surface area contributed by atoms with E-state index in [1.165, 1.54) is 14.0 Å². The van der Waals surface area contributed by atoms with Crippen molar-refractivity contribution in [3.8, 4) is 5.75 Å². The number of aromatic amines is 1. The number of amides is 1. The first-order valence-corrected chi connectivity index (χ1v) is 23.1. The summed E-state index contributed by atoms with van der Waals surface area (Å²) in [6, 6.07) is 10.8. The number of para-hydroxylation sites is 1. The van der Waals surface area contributed by atoms with Gasteiger partial charge in [0.15, 0.2) is 0 Å². The number of ether oxygens (including phenoxy) is 4. The number of alkyl halides is 2. The number of nitrogens with zero attached hydrogens (tertiary/aromatic N) is 3. The zero-order chi connectivity index (χ0) is 46.4. The molecule has 3 aromatic rings. The lowest BCUT2D eigenvalue weighted by atomic mass is 9.47. The smallest absolute Gasteiger partial charge is 0.407 e. The summed E-state index contributed by atoms with van der Waals surface area (Å²) >= 11 is 0. The van der Waals surface area contributed by atoms with Crippen molar-refractivity contribution in [1.29, 1.82) is 0 Å². The van der Waals surface area contributed by atoms with Gasteiger partial charge in [-0.25, -0.2) is 13.6 Å². The highest BCUT2D eigenvalue weighted by atomic mass is 19.3. The maximum absolute atomic E-state index is 15.4. The van der Waals surface area contributed by atoms with Gasteiger partial charge in [-0.1, -0.05) is 57.2 Å². The Kier molecular flexibility index (Phi) is 11.2. The second-order valence-electron chi connectivity index (χ2n) is 19.9. The zero-order valence-corrected chi connectivity index (χ0v) is 38.8. The largest absolute Gasteiger partial charge is 0.496 e. The van der Waals surface area contributed by atoms with Crippen LogP contribution in [0.2, 0.25) is 0 Å². The van der Waals surface area contributed by atoms with Crippen molar-refractivity contribution in [2.24, 2.45) is 17.3 Å². The van der Waals surface area contributed by atoms with Crippen LogP contribution in [0.1, 0.15) is 76.3 Å². The maximum atomic E-state index is 15.4. The van der Waals surface area contributed by atoms with Crippen LogP contribution in [0.25, 0.3) is 10.9 Å². The second-order valence-corrected chi connectivity index (χ2v) is 19.9. The molecule has 6 aliphatic rings. The van der Waals surface area contributed by atoms with Crippen LogP contribution in [0.15, 0.2) is 60.2 Å². The minimum atomic E-state index is -3.07. The lowest BCUT2D eigenvalue weighted by Gasteiger charge is -2.64. The van der Waals surface area contributed by atoms with Crippen LogP contribution in [-0.2, 0) is 41.1 Å². The molecule has 1 saturated heterocycles. The van der Waals surface area contributed by atoms with Crippen molar-refractivity contribution < 1.29 is 47.2 Å². The molecule has 1 saturated carbocycles. The minimum absolute atomic E-state index is 0.0186. The topological polar surface area (TPSA) is 146 Å². The van der Waals surface area contributed by atoms with Crippen LogP contribution in [-0.4, -0.2) is 135 Å². The quantitative estimate of drug-likeness (QED) is 0.121. The van der Waals surface area contributed by atoms with Crippen LogP contribution < -0.4 is 15.0 Å². The number of alkyl carbamates (subject to hydrolysis) is 1. The van der Waals surface area contributed by atoms with Gasteiger partial charge in [-0.2, -0.15) is 0 Å². The Morgan fingerprint density at radius 1 is 1.09 bits per heavy atom. The predicted molar refractivity (Wildman–Crippen MR) is 241 cm³/mol. The number of H-pyrrole nitrogens is 1. The molecule has 0 radical (unpaired) electrons. The van der Waals surface area contributed by atoms with Crippen LogP contribution in [0.3, 0.4) is 0 Å². The summed E-state index contributed by atoms with van der Waals surface area (Å²) in [5.74, 6) is -4.22. The molecule has 1 spiro atoms. The molecule has 2 aromatic carbocycles. The fourth-order valence-corrected chi connectivity index (χ4v) is 13.5.